The number of nitrogens with zero attached hydrogens (tertiary/aromatic N) is 3. The van der Waals surface area contributed by atoms with Crippen LogP contribution in [0.4, 0.5) is 0 Å². The van der Waals surface area contributed by atoms with Gasteiger partial charge in [0.1, 0.15) is 5.02 Å². The number of pyridine rings is 1. The van der Waals surface area contributed by atoms with Crippen LogP contribution in [0.5, 0.6) is 0 Å². The van der Waals surface area contributed by atoms with E-state index in [0.717, 1.165) is 15.9 Å². The first-order valence-electron chi connectivity index (χ1n) is 7.15. The number of ether oxygens (including phenoxy) is 1. The van der Waals surface area contributed by atoms with Crippen LogP contribution >= 0.6 is 11.6 Å². The first-order valence-corrected chi connectivity index (χ1v) is 7.53. The van der Waals surface area contributed by atoms with Gasteiger partial charge in [-0.15, -0.1) is 0 Å². The molecule has 3 heterocycles. The number of carbonyl (C=O) groups is 1. The van der Waals surface area contributed by atoms with Crippen molar-refractivity contribution in [3.8, 4) is 11.3 Å². The number of fused-ring (bicyclic) bond motifs is 3. The molecular formula is C15H17ClN3O3+. The largest absolute Gasteiger partial charge is 0.461 e. The molecule has 1 aliphatic heterocycles. The highest BCUT2D eigenvalue weighted by Crippen LogP contribution is 2.45. The summed E-state index contributed by atoms with van der Waals surface area (Å²) in [7, 11) is 0. The van der Waals surface area contributed by atoms with E-state index in [1.807, 2.05) is 13.0 Å². The zero-order valence-electron chi connectivity index (χ0n) is 12.6. The van der Waals surface area contributed by atoms with Crippen LogP contribution in [0.3, 0.4) is 0 Å². The van der Waals surface area contributed by atoms with Gasteiger partial charge in [0, 0.05) is 16.7 Å². The highest BCUT2D eigenvalue weighted by atomic mass is 35.5. The molecule has 0 aliphatic carbocycles. The number of hydrogen-bond acceptors (Lipinski definition) is 4. The number of hydrogen-bond donors (Lipinski definition) is 1. The van der Waals surface area contributed by atoms with Gasteiger partial charge in [-0.25, -0.2) is 4.79 Å². The Bertz CT molecular complexity index is 757. The maximum absolute atomic E-state index is 12.0. The Labute approximate surface area is 132 Å². The molecule has 0 amide bonds. The van der Waals surface area contributed by atoms with Gasteiger partial charge in [-0.05, 0) is 19.4 Å². The molecule has 2 aromatic heterocycles. The molecule has 0 saturated heterocycles. The highest BCUT2D eigenvalue weighted by molar-refractivity contribution is 6.35. The zero-order valence-corrected chi connectivity index (χ0v) is 13.3. The number of rotatable bonds is 2. The highest BCUT2D eigenvalue weighted by Gasteiger charge is 2.36. The van der Waals surface area contributed by atoms with Crippen LogP contribution in [0.15, 0.2) is 18.5 Å². The third-order valence-corrected chi connectivity index (χ3v) is 4.51. The van der Waals surface area contributed by atoms with Crippen molar-refractivity contribution in [3.63, 3.8) is 0 Å². The molecule has 2 unspecified atom stereocenters. The Hall–Kier alpha value is -2.08. The number of aromatic nitrogens is 3. The third-order valence-electron chi connectivity index (χ3n) is 4.16. The lowest BCUT2D eigenvalue weighted by Gasteiger charge is -2.28. The number of esters is 1. The van der Waals surface area contributed by atoms with E-state index in [9.17, 15) is 10.0 Å². The Morgan fingerprint density at radius 3 is 2.95 bits per heavy atom. The molecule has 2 aromatic rings. The van der Waals surface area contributed by atoms with E-state index in [0.29, 0.717) is 5.69 Å². The van der Waals surface area contributed by atoms with Crippen molar-refractivity contribution in [2.24, 2.45) is 0 Å². The smallest absolute Gasteiger partial charge is 0.360 e. The lowest BCUT2D eigenvalue weighted by atomic mass is 9.87. The summed E-state index contributed by atoms with van der Waals surface area (Å²) in [5.41, 5.74) is 2.57. The van der Waals surface area contributed by atoms with Crippen molar-refractivity contribution in [2.75, 3.05) is 6.61 Å². The molecule has 0 spiro atoms. The molecule has 1 N–H and O–H groups in total. The fourth-order valence-electron chi connectivity index (χ4n) is 2.84. The molecule has 2 atom stereocenters. The van der Waals surface area contributed by atoms with Gasteiger partial charge in [0.05, 0.1) is 23.9 Å². The van der Waals surface area contributed by atoms with Crippen molar-refractivity contribution in [1.29, 1.82) is 0 Å². The van der Waals surface area contributed by atoms with Crippen LogP contribution in [0.2, 0.25) is 5.02 Å². The van der Waals surface area contributed by atoms with Gasteiger partial charge in [0.25, 0.3) is 0 Å². The van der Waals surface area contributed by atoms with Crippen molar-refractivity contribution in [2.45, 2.75) is 32.7 Å². The zero-order chi connectivity index (χ0) is 16.0. The third kappa shape index (κ3) is 2.06. The molecule has 3 rings (SSSR count). The molecule has 1 aliphatic rings. The second-order valence-electron chi connectivity index (χ2n) is 5.40. The predicted molar refractivity (Wildman–Crippen MR) is 79.1 cm³/mol. The van der Waals surface area contributed by atoms with Gasteiger partial charge in [-0.3, -0.25) is 9.89 Å². The maximum Gasteiger partial charge on any atom is 0.360 e. The second-order valence-corrected chi connectivity index (χ2v) is 5.78. The Balaban J connectivity index is 2.24. The van der Waals surface area contributed by atoms with Crippen molar-refractivity contribution in [1.82, 2.24) is 9.78 Å². The van der Waals surface area contributed by atoms with Crippen molar-refractivity contribution < 1.29 is 19.5 Å². The average molecular weight is 323 g/mol. The van der Waals surface area contributed by atoms with E-state index in [2.05, 4.69) is 12.0 Å². The summed E-state index contributed by atoms with van der Waals surface area (Å²) in [5, 5.41) is 14.3. The lowest BCUT2D eigenvalue weighted by Crippen LogP contribution is -2.31. The van der Waals surface area contributed by atoms with E-state index in [1.54, 1.807) is 24.0 Å². The van der Waals surface area contributed by atoms with Gasteiger partial charge in [-0.2, -0.15) is 5.10 Å². The summed E-state index contributed by atoms with van der Waals surface area (Å²) in [5.74, 6) is -0.363. The summed E-state index contributed by atoms with van der Waals surface area (Å²) in [4.78, 5) is 12.0. The van der Waals surface area contributed by atoms with Crippen LogP contribution in [0, 0.1) is 0 Å². The Morgan fingerprint density at radius 2 is 2.27 bits per heavy atom. The van der Waals surface area contributed by atoms with Crippen molar-refractivity contribution >= 4 is 17.6 Å². The van der Waals surface area contributed by atoms with Crippen LogP contribution in [0.1, 0.15) is 48.8 Å². The first-order chi connectivity index (χ1) is 10.5. The number of carbonyl (C=O) groups excluding carboxylic acids is 1. The topological polar surface area (TPSA) is 68.2 Å². The molecule has 0 aromatic carbocycles. The Kier molecular flexibility index (Phi) is 3.56. The molecule has 0 radical (unpaired) electrons. The molecule has 0 saturated carbocycles. The van der Waals surface area contributed by atoms with Crippen LogP contribution in [-0.4, -0.2) is 27.6 Å². The predicted octanol–water partition coefficient (Wildman–Crippen LogP) is 2.58. The molecule has 7 heteroatoms. The molecule has 116 valence electrons. The van der Waals surface area contributed by atoms with Crippen LogP contribution in [-0.2, 0) is 4.74 Å². The monoisotopic (exact) mass is 322 g/mol. The van der Waals surface area contributed by atoms with E-state index in [-0.39, 0.29) is 29.3 Å². The molecule has 0 fully saturated rings. The lowest BCUT2D eigenvalue weighted by molar-refractivity contribution is -0.904. The molecular weight excluding hydrogens is 306 g/mol. The first kappa shape index (κ1) is 14.8. The number of halogens is 1. The summed E-state index contributed by atoms with van der Waals surface area (Å²) in [6, 6.07) is 1.89. The van der Waals surface area contributed by atoms with Crippen molar-refractivity contribution in [3.05, 3.63) is 34.7 Å². The van der Waals surface area contributed by atoms with Gasteiger partial charge in [0.2, 0.25) is 12.4 Å². The normalized spacial score (nSPS) is 19.5. The molecule has 22 heavy (non-hydrogen) atoms. The summed E-state index contributed by atoms with van der Waals surface area (Å²) in [6.07, 6.45) is 3.15. The van der Waals surface area contributed by atoms with Gasteiger partial charge in [0.15, 0.2) is 5.69 Å². The summed E-state index contributed by atoms with van der Waals surface area (Å²) in [6.45, 7) is 6.09. The minimum atomic E-state index is -0.538. The fraction of sp³-hybridized carbons (Fsp3) is 0.400. The fourth-order valence-corrected chi connectivity index (χ4v) is 3.15. The quantitative estimate of drug-likeness (QED) is 0.524. The van der Waals surface area contributed by atoms with Crippen LogP contribution < -0.4 is 4.73 Å². The summed E-state index contributed by atoms with van der Waals surface area (Å²) >= 11 is 6.39. The maximum atomic E-state index is 12.0. The van der Waals surface area contributed by atoms with Crippen LogP contribution in [0.25, 0.3) is 11.3 Å². The van der Waals surface area contributed by atoms with E-state index < -0.39 is 5.97 Å². The second kappa shape index (κ2) is 5.28. The van der Waals surface area contributed by atoms with Gasteiger partial charge >= 0.3 is 5.97 Å². The van der Waals surface area contributed by atoms with Gasteiger partial charge < -0.3 is 4.74 Å². The van der Waals surface area contributed by atoms with E-state index in [1.165, 1.54) is 0 Å². The minimum Gasteiger partial charge on any atom is -0.461 e. The molecule has 6 nitrogen and oxygen atoms in total. The SMILES string of the molecule is CCOC(=O)c1nn2c(c1Cl)-c1c[n+](O)ccc1C(C)C2C. The standard InChI is InChI=1S/C15H17ClN3O3/c1-4-22-15(20)13-12(16)14-11-7-18(21)6-5-10(11)8(2)9(3)19(14)17-13/h5-9,21H,4H2,1-3H3/q+1. The summed E-state index contributed by atoms with van der Waals surface area (Å²) < 4.78 is 7.72. The van der Waals surface area contributed by atoms with E-state index >= 15 is 0 Å². The Morgan fingerprint density at radius 1 is 1.55 bits per heavy atom. The van der Waals surface area contributed by atoms with Gasteiger partial charge in [-0.1, -0.05) is 18.5 Å². The average Bonchev–Trinajstić information content (AvgIpc) is 2.83. The minimum absolute atomic E-state index is 0.0396. The molecule has 0 bridgehead atoms. The van der Waals surface area contributed by atoms with E-state index in [4.69, 9.17) is 16.3 Å².